The fourth-order valence-corrected chi connectivity index (χ4v) is 3.80. The third kappa shape index (κ3) is 2.51. The molecule has 1 aliphatic rings. The quantitative estimate of drug-likeness (QED) is 0.860. The Kier molecular flexibility index (Phi) is 3.51. The molecule has 0 radical (unpaired) electrons. The average molecular weight is 254 g/mol. The third-order valence-corrected chi connectivity index (χ3v) is 5.27. The zero-order valence-electron chi connectivity index (χ0n) is 9.96. The van der Waals surface area contributed by atoms with Gasteiger partial charge in [0, 0.05) is 19.1 Å². The van der Waals surface area contributed by atoms with Gasteiger partial charge in [0.25, 0.3) is 0 Å². The van der Waals surface area contributed by atoms with Gasteiger partial charge in [-0.3, -0.25) is 0 Å². The zero-order chi connectivity index (χ0) is 12.5. The predicted molar refractivity (Wildman–Crippen MR) is 67.1 cm³/mol. The molecule has 1 saturated heterocycles. The van der Waals surface area contributed by atoms with Gasteiger partial charge in [0.05, 0.1) is 4.90 Å². The van der Waals surface area contributed by atoms with Gasteiger partial charge in [-0.2, -0.15) is 4.31 Å². The second-order valence-corrected chi connectivity index (χ2v) is 6.41. The Morgan fingerprint density at radius 1 is 1.24 bits per heavy atom. The molecule has 5 heteroatoms. The van der Waals surface area contributed by atoms with E-state index in [9.17, 15) is 8.42 Å². The van der Waals surface area contributed by atoms with Crippen molar-refractivity contribution in [3.63, 3.8) is 0 Å². The van der Waals surface area contributed by atoms with E-state index in [1.807, 2.05) is 19.1 Å². The van der Waals surface area contributed by atoms with E-state index < -0.39 is 10.0 Å². The van der Waals surface area contributed by atoms with E-state index in [-0.39, 0.29) is 6.04 Å². The summed E-state index contributed by atoms with van der Waals surface area (Å²) in [6.07, 6.45) is 1.48. The van der Waals surface area contributed by atoms with Gasteiger partial charge in [-0.05, 0) is 31.4 Å². The molecule has 1 aromatic carbocycles. The molecule has 2 rings (SSSR count). The van der Waals surface area contributed by atoms with Crippen LogP contribution in [0.25, 0.3) is 0 Å². The molecule has 0 atom stereocenters. The number of nitrogens with zero attached hydrogens (tertiary/aromatic N) is 1. The van der Waals surface area contributed by atoms with Gasteiger partial charge >= 0.3 is 0 Å². The molecule has 17 heavy (non-hydrogen) atoms. The summed E-state index contributed by atoms with van der Waals surface area (Å²) < 4.78 is 26.3. The van der Waals surface area contributed by atoms with Crippen LogP contribution in [0.5, 0.6) is 0 Å². The summed E-state index contributed by atoms with van der Waals surface area (Å²) in [5.41, 5.74) is 6.58. The van der Waals surface area contributed by atoms with Crippen LogP contribution >= 0.6 is 0 Å². The fourth-order valence-electron chi connectivity index (χ4n) is 2.10. The number of piperidine rings is 1. The van der Waals surface area contributed by atoms with Crippen LogP contribution < -0.4 is 5.73 Å². The minimum absolute atomic E-state index is 0.137. The number of aryl methyl sites for hydroxylation is 1. The van der Waals surface area contributed by atoms with Crippen molar-refractivity contribution in [1.29, 1.82) is 0 Å². The maximum Gasteiger partial charge on any atom is 0.243 e. The van der Waals surface area contributed by atoms with Gasteiger partial charge in [-0.1, -0.05) is 18.2 Å². The van der Waals surface area contributed by atoms with Crippen molar-refractivity contribution in [3.8, 4) is 0 Å². The standard InChI is InChI=1S/C12H18N2O2S/c1-10-4-2-3-5-12(10)17(15,16)14-8-6-11(13)7-9-14/h2-5,11H,6-9,13H2,1H3. The summed E-state index contributed by atoms with van der Waals surface area (Å²) >= 11 is 0. The Bertz CT molecular complexity index is 491. The number of hydrogen-bond acceptors (Lipinski definition) is 3. The van der Waals surface area contributed by atoms with Crippen molar-refractivity contribution in [1.82, 2.24) is 4.31 Å². The first-order valence-electron chi connectivity index (χ1n) is 5.83. The van der Waals surface area contributed by atoms with Crippen LogP contribution in [0.2, 0.25) is 0 Å². The lowest BCUT2D eigenvalue weighted by atomic mass is 10.1. The zero-order valence-corrected chi connectivity index (χ0v) is 10.8. The van der Waals surface area contributed by atoms with E-state index in [0.717, 1.165) is 18.4 Å². The van der Waals surface area contributed by atoms with E-state index in [0.29, 0.717) is 18.0 Å². The Labute approximate surface area is 102 Å². The lowest BCUT2D eigenvalue weighted by Crippen LogP contribution is -2.42. The monoisotopic (exact) mass is 254 g/mol. The first-order valence-corrected chi connectivity index (χ1v) is 7.27. The molecule has 0 amide bonds. The third-order valence-electron chi connectivity index (χ3n) is 3.21. The topological polar surface area (TPSA) is 63.4 Å². The highest BCUT2D eigenvalue weighted by molar-refractivity contribution is 7.89. The highest BCUT2D eigenvalue weighted by Gasteiger charge is 2.28. The summed E-state index contributed by atoms with van der Waals surface area (Å²) in [7, 11) is -3.34. The molecule has 2 N–H and O–H groups in total. The van der Waals surface area contributed by atoms with E-state index in [4.69, 9.17) is 5.73 Å². The van der Waals surface area contributed by atoms with Crippen molar-refractivity contribution in [2.24, 2.45) is 5.73 Å². The average Bonchev–Trinajstić information content (AvgIpc) is 2.30. The van der Waals surface area contributed by atoms with Crippen LogP contribution in [0, 0.1) is 6.92 Å². The molecule has 0 aromatic heterocycles. The number of rotatable bonds is 2. The van der Waals surface area contributed by atoms with Gasteiger partial charge in [0.1, 0.15) is 0 Å². The summed E-state index contributed by atoms with van der Waals surface area (Å²) in [6, 6.07) is 7.23. The SMILES string of the molecule is Cc1ccccc1S(=O)(=O)N1CCC(N)CC1. The second-order valence-electron chi connectivity index (χ2n) is 4.51. The Morgan fingerprint density at radius 3 is 2.41 bits per heavy atom. The lowest BCUT2D eigenvalue weighted by molar-refractivity contribution is 0.320. The molecule has 1 aliphatic heterocycles. The van der Waals surface area contributed by atoms with Gasteiger partial charge in [-0.15, -0.1) is 0 Å². The van der Waals surface area contributed by atoms with E-state index in [2.05, 4.69) is 0 Å². The molecular formula is C12H18N2O2S. The molecule has 4 nitrogen and oxygen atoms in total. The summed E-state index contributed by atoms with van der Waals surface area (Å²) in [5, 5.41) is 0. The molecule has 94 valence electrons. The van der Waals surface area contributed by atoms with Crippen LogP contribution in [0.3, 0.4) is 0 Å². The van der Waals surface area contributed by atoms with Crippen LogP contribution in [0.1, 0.15) is 18.4 Å². The van der Waals surface area contributed by atoms with Gasteiger partial charge < -0.3 is 5.73 Å². The molecule has 1 heterocycles. The molecule has 1 fully saturated rings. The molecular weight excluding hydrogens is 236 g/mol. The number of sulfonamides is 1. The lowest BCUT2D eigenvalue weighted by Gasteiger charge is -2.29. The summed E-state index contributed by atoms with van der Waals surface area (Å²) in [6.45, 7) is 2.87. The highest BCUT2D eigenvalue weighted by atomic mass is 32.2. The Hall–Kier alpha value is -0.910. The summed E-state index contributed by atoms with van der Waals surface area (Å²) in [4.78, 5) is 0.412. The molecule has 0 unspecified atom stereocenters. The minimum atomic E-state index is -3.34. The molecule has 1 aromatic rings. The number of hydrogen-bond donors (Lipinski definition) is 1. The van der Waals surface area contributed by atoms with Crippen LogP contribution in [0.4, 0.5) is 0 Å². The number of nitrogens with two attached hydrogens (primary N) is 1. The maximum atomic E-state index is 12.4. The van der Waals surface area contributed by atoms with Gasteiger partial charge in [-0.25, -0.2) is 8.42 Å². The predicted octanol–water partition coefficient (Wildman–Crippen LogP) is 1.11. The van der Waals surface area contributed by atoms with E-state index in [1.165, 1.54) is 0 Å². The second kappa shape index (κ2) is 4.76. The molecule has 0 bridgehead atoms. The molecule has 0 saturated carbocycles. The van der Waals surface area contributed by atoms with Crippen molar-refractivity contribution >= 4 is 10.0 Å². The Morgan fingerprint density at radius 2 is 1.82 bits per heavy atom. The Balaban J connectivity index is 2.28. The first-order chi connectivity index (χ1) is 8.01. The first kappa shape index (κ1) is 12.5. The minimum Gasteiger partial charge on any atom is -0.328 e. The van der Waals surface area contributed by atoms with Crippen molar-refractivity contribution in [3.05, 3.63) is 29.8 Å². The van der Waals surface area contributed by atoms with Crippen molar-refractivity contribution in [2.45, 2.75) is 30.7 Å². The van der Waals surface area contributed by atoms with Crippen molar-refractivity contribution < 1.29 is 8.42 Å². The largest absolute Gasteiger partial charge is 0.328 e. The summed E-state index contributed by atoms with van der Waals surface area (Å²) in [5.74, 6) is 0. The van der Waals surface area contributed by atoms with E-state index in [1.54, 1.807) is 16.4 Å². The maximum absolute atomic E-state index is 12.4. The van der Waals surface area contributed by atoms with Gasteiger partial charge in [0.2, 0.25) is 10.0 Å². The highest BCUT2D eigenvalue weighted by Crippen LogP contribution is 2.22. The van der Waals surface area contributed by atoms with Crippen molar-refractivity contribution in [2.75, 3.05) is 13.1 Å². The van der Waals surface area contributed by atoms with Gasteiger partial charge in [0.15, 0.2) is 0 Å². The molecule has 0 spiro atoms. The van der Waals surface area contributed by atoms with E-state index >= 15 is 0 Å². The van der Waals surface area contributed by atoms with Crippen LogP contribution in [0.15, 0.2) is 29.2 Å². The normalized spacial score (nSPS) is 19.4. The van der Waals surface area contributed by atoms with Crippen LogP contribution in [-0.2, 0) is 10.0 Å². The number of benzene rings is 1. The fraction of sp³-hybridized carbons (Fsp3) is 0.500. The van der Waals surface area contributed by atoms with Crippen LogP contribution in [-0.4, -0.2) is 31.9 Å². The smallest absolute Gasteiger partial charge is 0.243 e. The molecule has 0 aliphatic carbocycles.